The number of nitrogens with one attached hydrogen (secondary N) is 1. The highest BCUT2D eigenvalue weighted by Gasteiger charge is 2.16. The second kappa shape index (κ2) is 7.93. The molecule has 1 aromatic heterocycles. The van der Waals surface area contributed by atoms with Crippen LogP contribution in [0.2, 0.25) is 0 Å². The molecule has 128 valence electrons. The highest BCUT2D eigenvalue weighted by Crippen LogP contribution is 2.23. The number of para-hydroxylation sites is 1. The Bertz CT molecular complexity index is 875. The van der Waals surface area contributed by atoms with Crippen LogP contribution in [-0.4, -0.2) is 29.8 Å². The molecule has 0 saturated carbocycles. The number of ether oxygens (including phenoxy) is 1. The molecule has 0 bridgehead atoms. The maximum Gasteiger partial charge on any atom is 0.339 e. The summed E-state index contributed by atoms with van der Waals surface area (Å²) in [6.45, 7) is 3.80. The van der Waals surface area contributed by atoms with Crippen molar-refractivity contribution in [1.82, 2.24) is 9.99 Å². The van der Waals surface area contributed by atoms with Crippen LogP contribution >= 0.6 is 0 Å². The predicted octanol–water partition coefficient (Wildman–Crippen LogP) is 2.24. The van der Waals surface area contributed by atoms with Gasteiger partial charge in [0.25, 0.3) is 5.91 Å². The van der Waals surface area contributed by atoms with E-state index in [9.17, 15) is 9.59 Å². The molecule has 25 heavy (non-hydrogen) atoms. The number of esters is 1. The zero-order chi connectivity index (χ0) is 18.4. The zero-order valence-electron chi connectivity index (χ0n) is 14.2. The lowest BCUT2D eigenvalue weighted by Crippen LogP contribution is -2.16. The van der Waals surface area contributed by atoms with Crippen molar-refractivity contribution in [3.8, 4) is 11.8 Å². The summed E-state index contributed by atoms with van der Waals surface area (Å²) in [4.78, 5) is 23.3. The topological polar surface area (TPSA) is 96.5 Å². The molecule has 1 aromatic carbocycles. The molecule has 0 saturated heterocycles. The van der Waals surface area contributed by atoms with Crippen molar-refractivity contribution in [2.45, 2.75) is 20.3 Å². The summed E-state index contributed by atoms with van der Waals surface area (Å²) in [7, 11) is 1.34. The van der Waals surface area contributed by atoms with Gasteiger partial charge < -0.3 is 9.30 Å². The van der Waals surface area contributed by atoms with E-state index in [1.165, 1.54) is 13.3 Å². The fourth-order valence-electron chi connectivity index (χ4n) is 2.53. The number of hydrogen-bond acceptors (Lipinski definition) is 5. The molecule has 0 aliphatic carbocycles. The Labute approximate surface area is 145 Å². The van der Waals surface area contributed by atoms with Gasteiger partial charge in [-0.15, -0.1) is 0 Å². The fraction of sp³-hybridized carbons (Fsp3) is 0.222. The Morgan fingerprint density at radius 1 is 1.36 bits per heavy atom. The quantitative estimate of drug-likeness (QED) is 0.514. The van der Waals surface area contributed by atoms with Gasteiger partial charge in [0.05, 0.1) is 30.6 Å². The van der Waals surface area contributed by atoms with Crippen molar-refractivity contribution in [2.24, 2.45) is 5.10 Å². The number of hydrazone groups is 1. The van der Waals surface area contributed by atoms with Gasteiger partial charge in [0.15, 0.2) is 0 Å². The summed E-state index contributed by atoms with van der Waals surface area (Å²) >= 11 is 0. The molecule has 0 aliphatic rings. The summed E-state index contributed by atoms with van der Waals surface area (Å²) < 4.78 is 6.77. The third-order valence-electron chi connectivity index (χ3n) is 3.65. The van der Waals surface area contributed by atoms with E-state index < -0.39 is 11.9 Å². The number of aryl methyl sites for hydroxylation is 1. The normalized spacial score (nSPS) is 10.5. The van der Waals surface area contributed by atoms with E-state index in [4.69, 9.17) is 10.00 Å². The van der Waals surface area contributed by atoms with E-state index in [-0.39, 0.29) is 6.42 Å². The van der Waals surface area contributed by atoms with Gasteiger partial charge in [-0.1, -0.05) is 12.1 Å². The number of carbonyl (C=O) groups excluding carboxylic acids is 2. The molecule has 0 aliphatic heterocycles. The molecular weight excluding hydrogens is 320 g/mol. The average Bonchev–Trinajstić information content (AvgIpc) is 2.88. The number of amides is 1. The minimum Gasteiger partial charge on any atom is -0.465 e. The van der Waals surface area contributed by atoms with E-state index in [1.807, 2.05) is 36.6 Å². The molecule has 0 radical (unpaired) electrons. The van der Waals surface area contributed by atoms with Crippen molar-refractivity contribution in [2.75, 3.05) is 7.11 Å². The monoisotopic (exact) mass is 338 g/mol. The second-order valence-electron chi connectivity index (χ2n) is 5.30. The van der Waals surface area contributed by atoms with Crippen LogP contribution in [0.5, 0.6) is 0 Å². The summed E-state index contributed by atoms with van der Waals surface area (Å²) in [6, 6.07) is 10.8. The zero-order valence-corrected chi connectivity index (χ0v) is 14.2. The van der Waals surface area contributed by atoms with Crippen LogP contribution < -0.4 is 5.43 Å². The summed E-state index contributed by atoms with van der Waals surface area (Å²) in [5.74, 6) is -0.884. The lowest BCUT2D eigenvalue weighted by Gasteiger charge is -2.13. The van der Waals surface area contributed by atoms with E-state index in [2.05, 4.69) is 10.5 Å². The smallest absolute Gasteiger partial charge is 0.339 e. The molecule has 7 heteroatoms. The number of nitrogens with zero attached hydrogens (tertiary/aromatic N) is 3. The van der Waals surface area contributed by atoms with E-state index >= 15 is 0 Å². The summed E-state index contributed by atoms with van der Waals surface area (Å²) in [5, 5.41) is 12.3. The lowest BCUT2D eigenvalue weighted by molar-refractivity contribution is -0.120. The van der Waals surface area contributed by atoms with Gasteiger partial charge in [0.1, 0.15) is 6.42 Å². The van der Waals surface area contributed by atoms with Crippen LogP contribution in [0.3, 0.4) is 0 Å². The number of rotatable bonds is 5. The maximum absolute atomic E-state index is 12.0. The molecule has 7 nitrogen and oxygen atoms in total. The minimum atomic E-state index is -0.469. The summed E-state index contributed by atoms with van der Waals surface area (Å²) in [5.41, 5.74) is 6.00. The largest absolute Gasteiger partial charge is 0.465 e. The molecule has 2 rings (SSSR count). The van der Waals surface area contributed by atoms with Gasteiger partial charge in [-0.3, -0.25) is 4.79 Å². The fourth-order valence-corrected chi connectivity index (χ4v) is 2.53. The van der Waals surface area contributed by atoms with E-state index in [0.717, 1.165) is 17.0 Å². The SMILES string of the molecule is COC(=O)c1ccccc1-n1c(C)cc(/C=N\NC(=O)CC#N)c1C. The Balaban J connectivity index is 2.38. The first-order chi connectivity index (χ1) is 12.0. The van der Waals surface area contributed by atoms with Crippen molar-refractivity contribution in [3.05, 3.63) is 52.8 Å². The molecular formula is C18H18N4O3. The average molecular weight is 338 g/mol. The molecule has 1 heterocycles. The van der Waals surface area contributed by atoms with Crippen molar-refractivity contribution in [3.63, 3.8) is 0 Å². The van der Waals surface area contributed by atoms with Gasteiger partial charge in [0.2, 0.25) is 0 Å². The Kier molecular flexibility index (Phi) is 5.69. The predicted molar refractivity (Wildman–Crippen MR) is 92.5 cm³/mol. The van der Waals surface area contributed by atoms with Gasteiger partial charge in [0, 0.05) is 17.0 Å². The van der Waals surface area contributed by atoms with Gasteiger partial charge in [-0.2, -0.15) is 10.4 Å². The molecule has 0 unspecified atom stereocenters. The first-order valence-corrected chi connectivity index (χ1v) is 7.55. The third kappa shape index (κ3) is 3.93. The summed E-state index contributed by atoms with van der Waals surface area (Å²) in [6.07, 6.45) is 1.26. The van der Waals surface area contributed by atoms with E-state index in [0.29, 0.717) is 11.3 Å². The molecule has 2 aromatic rings. The molecule has 1 N–H and O–H groups in total. The number of nitriles is 1. The van der Waals surface area contributed by atoms with Crippen LogP contribution in [-0.2, 0) is 9.53 Å². The Morgan fingerprint density at radius 3 is 2.76 bits per heavy atom. The van der Waals surface area contributed by atoms with Gasteiger partial charge in [-0.25, -0.2) is 10.2 Å². The Hall–Kier alpha value is -3.40. The Morgan fingerprint density at radius 2 is 2.08 bits per heavy atom. The van der Waals surface area contributed by atoms with Crippen LogP contribution in [0.25, 0.3) is 5.69 Å². The number of benzene rings is 1. The molecule has 0 fully saturated rings. The highest BCUT2D eigenvalue weighted by molar-refractivity contribution is 5.94. The van der Waals surface area contributed by atoms with Crippen LogP contribution in [0.1, 0.15) is 33.7 Å². The van der Waals surface area contributed by atoms with Crippen molar-refractivity contribution < 1.29 is 14.3 Å². The number of aromatic nitrogens is 1. The van der Waals surface area contributed by atoms with Crippen molar-refractivity contribution >= 4 is 18.1 Å². The molecule has 0 spiro atoms. The maximum atomic E-state index is 12.0. The number of methoxy groups -OCH3 is 1. The van der Waals surface area contributed by atoms with Crippen LogP contribution in [0, 0.1) is 25.2 Å². The van der Waals surface area contributed by atoms with Gasteiger partial charge >= 0.3 is 5.97 Å². The van der Waals surface area contributed by atoms with Crippen LogP contribution in [0.4, 0.5) is 0 Å². The molecule has 1 amide bonds. The van der Waals surface area contributed by atoms with E-state index in [1.54, 1.807) is 18.2 Å². The van der Waals surface area contributed by atoms with Gasteiger partial charge in [-0.05, 0) is 32.0 Å². The first kappa shape index (κ1) is 17.9. The lowest BCUT2D eigenvalue weighted by atomic mass is 10.1. The molecule has 0 atom stereocenters. The van der Waals surface area contributed by atoms with Crippen LogP contribution in [0.15, 0.2) is 35.4 Å². The second-order valence-corrected chi connectivity index (χ2v) is 5.30. The minimum absolute atomic E-state index is 0.247. The standard InChI is InChI=1S/C18H18N4O3/c1-12-10-14(11-20-21-17(23)8-9-19)13(2)22(12)16-7-5-4-6-15(16)18(24)25-3/h4-7,10-11H,8H2,1-3H3,(H,21,23)/b20-11-. The number of hydrogen-bond donors (Lipinski definition) is 1. The van der Waals surface area contributed by atoms with Crippen molar-refractivity contribution in [1.29, 1.82) is 5.26 Å². The third-order valence-corrected chi connectivity index (χ3v) is 3.65. The first-order valence-electron chi connectivity index (χ1n) is 7.55. The highest BCUT2D eigenvalue weighted by atomic mass is 16.5. The number of carbonyl (C=O) groups is 2.